The van der Waals surface area contributed by atoms with Crippen molar-refractivity contribution in [2.75, 3.05) is 6.61 Å². The fourth-order valence-electron chi connectivity index (χ4n) is 3.68. The molecule has 138 valence electrons. The van der Waals surface area contributed by atoms with Crippen molar-refractivity contribution >= 4 is 21.7 Å². The highest BCUT2D eigenvalue weighted by Crippen LogP contribution is 2.27. The van der Waals surface area contributed by atoms with Gasteiger partial charge in [0.15, 0.2) is 0 Å². The Morgan fingerprint density at radius 1 is 1.27 bits per heavy atom. The summed E-state index contributed by atoms with van der Waals surface area (Å²) in [5, 5.41) is 2.60. The molecule has 0 spiro atoms. The lowest BCUT2D eigenvalue weighted by atomic mass is 9.93. The second-order valence-electron chi connectivity index (χ2n) is 7.90. The molecule has 5 heteroatoms. The lowest BCUT2D eigenvalue weighted by Crippen LogP contribution is -2.43. The number of nitrogens with zero attached hydrogens (tertiary/aromatic N) is 2. The van der Waals surface area contributed by atoms with E-state index in [4.69, 9.17) is 10.5 Å². The largest absolute Gasteiger partial charge is 0.492 e. The number of pyridine rings is 2. The molecule has 2 heterocycles. The Labute approximate surface area is 153 Å². The molecule has 1 atom stereocenters. The van der Waals surface area contributed by atoms with Crippen LogP contribution in [-0.2, 0) is 7.05 Å². The summed E-state index contributed by atoms with van der Waals surface area (Å²) in [6, 6.07) is 7.75. The Morgan fingerprint density at radius 2 is 2.00 bits per heavy atom. The quantitative estimate of drug-likeness (QED) is 0.712. The summed E-state index contributed by atoms with van der Waals surface area (Å²) < 4.78 is 7.62. The Kier molecular flexibility index (Phi) is 4.76. The van der Waals surface area contributed by atoms with Gasteiger partial charge in [-0.25, -0.2) is 0 Å². The molecule has 0 radical (unpaired) electrons. The SMILES string of the molecule is Cc1nccc2c1c(=O)n(C)c1cc(OC[C@](C)(N)CC(C)C)ccc21. The van der Waals surface area contributed by atoms with Crippen molar-refractivity contribution in [1.82, 2.24) is 9.55 Å². The van der Waals surface area contributed by atoms with Crippen LogP contribution in [0.3, 0.4) is 0 Å². The lowest BCUT2D eigenvalue weighted by molar-refractivity contribution is 0.207. The molecule has 0 unspecified atom stereocenters. The number of benzene rings is 1. The van der Waals surface area contributed by atoms with E-state index in [1.807, 2.05) is 38.1 Å². The zero-order valence-electron chi connectivity index (χ0n) is 16.2. The van der Waals surface area contributed by atoms with Gasteiger partial charge in [0.2, 0.25) is 0 Å². The van der Waals surface area contributed by atoms with Crippen LogP contribution >= 0.6 is 0 Å². The minimum absolute atomic E-state index is 0.0429. The van der Waals surface area contributed by atoms with E-state index in [9.17, 15) is 4.79 Å². The van der Waals surface area contributed by atoms with Crippen molar-refractivity contribution in [2.24, 2.45) is 18.7 Å². The second kappa shape index (κ2) is 6.72. The summed E-state index contributed by atoms with van der Waals surface area (Å²) in [6.45, 7) is 8.61. The highest BCUT2D eigenvalue weighted by atomic mass is 16.5. The molecule has 2 N–H and O–H groups in total. The first-order valence-corrected chi connectivity index (χ1v) is 8.99. The van der Waals surface area contributed by atoms with Gasteiger partial charge in [-0.15, -0.1) is 0 Å². The minimum atomic E-state index is -0.388. The Bertz CT molecular complexity index is 1020. The average molecular weight is 353 g/mol. The number of ether oxygens (including phenoxy) is 1. The fraction of sp³-hybridized carbons (Fsp3) is 0.429. The van der Waals surface area contributed by atoms with E-state index in [1.54, 1.807) is 17.8 Å². The van der Waals surface area contributed by atoms with Crippen molar-refractivity contribution in [3.63, 3.8) is 0 Å². The molecule has 0 saturated carbocycles. The highest BCUT2D eigenvalue weighted by molar-refractivity contribution is 6.06. The van der Waals surface area contributed by atoms with Crippen molar-refractivity contribution < 1.29 is 4.74 Å². The molecule has 0 amide bonds. The van der Waals surface area contributed by atoms with Gasteiger partial charge in [-0.2, -0.15) is 0 Å². The molecule has 0 fully saturated rings. The zero-order valence-corrected chi connectivity index (χ0v) is 16.2. The van der Waals surface area contributed by atoms with Crippen LogP contribution in [0.25, 0.3) is 21.7 Å². The first kappa shape index (κ1) is 18.4. The van der Waals surface area contributed by atoms with Gasteiger partial charge in [-0.1, -0.05) is 13.8 Å². The molecule has 3 aromatic rings. The molecule has 2 aromatic heterocycles. The molecule has 0 bridgehead atoms. The van der Waals surface area contributed by atoms with Gasteiger partial charge < -0.3 is 15.0 Å². The predicted molar refractivity (Wildman–Crippen MR) is 107 cm³/mol. The Balaban J connectivity index is 2.03. The van der Waals surface area contributed by atoms with Gasteiger partial charge in [-0.05, 0) is 49.8 Å². The molecule has 1 aromatic carbocycles. The van der Waals surface area contributed by atoms with Gasteiger partial charge in [-0.3, -0.25) is 9.78 Å². The topological polar surface area (TPSA) is 70.1 Å². The molecule has 5 nitrogen and oxygen atoms in total. The average Bonchev–Trinajstić information content (AvgIpc) is 2.56. The molecular formula is C21H27N3O2. The summed E-state index contributed by atoms with van der Waals surface area (Å²) in [5.41, 5.74) is 7.49. The number of rotatable bonds is 5. The van der Waals surface area contributed by atoms with Gasteiger partial charge >= 0.3 is 0 Å². The van der Waals surface area contributed by atoms with Crippen LogP contribution in [0.15, 0.2) is 35.3 Å². The van der Waals surface area contributed by atoms with E-state index < -0.39 is 0 Å². The van der Waals surface area contributed by atoms with Crippen LogP contribution in [0, 0.1) is 12.8 Å². The van der Waals surface area contributed by atoms with Crippen molar-refractivity contribution in [3.8, 4) is 5.75 Å². The van der Waals surface area contributed by atoms with Crippen molar-refractivity contribution in [1.29, 1.82) is 0 Å². The van der Waals surface area contributed by atoms with E-state index in [0.29, 0.717) is 17.9 Å². The molecular weight excluding hydrogens is 326 g/mol. The number of hydrogen-bond acceptors (Lipinski definition) is 4. The summed E-state index contributed by atoms with van der Waals surface area (Å²) >= 11 is 0. The van der Waals surface area contributed by atoms with Gasteiger partial charge in [0, 0.05) is 30.2 Å². The minimum Gasteiger partial charge on any atom is -0.492 e. The third-order valence-electron chi connectivity index (χ3n) is 4.72. The lowest BCUT2D eigenvalue weighted by Gasteiger charge is -2.26. The number of hydrogen-bond donors (Lipinski definition) is 1. The number of nitrogens with two attached hydrogens (primary N) is 1. The third-order valence-corrected chi connectivity index (χ3v) is 4.72. The summed E-state index contributed by atoms with van der Waals surface area (Å²) in [7, 11) is 1.78. The third kappa shape index (κ3) is 3.44. The number of aromatic nitrogens is 2. The van der Waals surface area contributed by atoms with E-state index >= 15 is 0 Å². The molecule has 0 aliphatic heterocycles. The zero-order chi connectivity index (χ0) is 19.1. The maximum absolute atomic E-state index is 12.8. The van der Waals surface area contributed by atoms with E-state index in [-0.39, 0.29) is 11.1 Å². The van der Waals surface area contributed by atoms with E-state index in [0.717, 1.165) is 34.2 Å². The monoisotopic (exact) mass is 353 g/mol. The number of fused-ring (bicyclic) bond motifs is 3. The van der Waals surface area contributed by atoms with Crippen LogP contribution in [0.1, 0.15) is 32.9 Å². The molecule has 0 saturated heterocycles. The van der Waals surface area contributed by atoms with Crippen LogP contribution in [0.2, 0.25) is 0 Å². The van der Waals surface area contributed by atoms with Gasteiger partial charge in [0.1, 0.15) is 12.4 Å². The Morgan fingerprint density at radius 3 is 2.69 bits per heavy atom. The summed E-state index contributed by atoms with van der Waals surface area (Å²) in [5.74, 6) is 1.23. The summed E-state index contributed by atoms with van der Waals surface area (Å²) in [6.07, 6.45) is 2.63. The normalized spacial score (nSPS) is 14.1. The van der Waals surface area contributed by atoms with Gasteiger partial charge in [0.05, 0.1) is 16.6 Å². The summed E-state index contributed by atoms with van der Waals surface area (Å²) in [4.78, 5) is 17.0. The molecule has 0 aliphatic carbocycles. The smallest absolute Gasteiger partial charge is 0.260 e. The van der Waals surface area contributed by atoms with Crippen molar-refractivity contribution in [2.45, 2.75) is 39.7 Å². The van der Waals surface area contributed by atoms with Crippen LogP contribution in [0.4, 0.5) is 0 Å². The first-order valence-electron chi connectivity index (χ1n) is 8.99. The van der Waals surface area contributed by atoms with Crippen LogP contribution in [-0.4, -0.2) is 21.7 Å². The molecule has 0 aliphatic rings. The highest BCUT2D eigenvalue weighted by Gasteiger charge is 2.21. The molecule has 26 heavy (non-hydrogen) atoms. The van der Waals surface area contributed by atoms with E-state index in [1.165, 1.54) is 0 Å². The van der Waals surface area contributed by atoms with Crippen molar-refractivity contribution in [3.05, 3.63) is 46.5 Å². The molecule has 3 rings (SSSR count). The Hall–Kier alpha value is -2.40. The second-order valence-corrected chi connectivity index (χ2v) is 7.90. The first-order chi connectivity index (χ1) is 12.2. The standard InChI is InChI=1S/C21H27N3O2/c1-13(2)11-21(4,22)12-26-15-6-7-16-17-8-9-23-14(3)19(17)20(25)24(5)18(16)10-15/h6-10,13H,11-12,22H2,1-5H3/t21-/m1/s1. The van der Waals surface area contributed by atoms with E-state index in [2.05, 4.69) is 18.8 Å². The fourth-order valence-corrected chi connectivity index (χ4v) is 3.68. The number of aryl methyl sites for hydroxylation is 2. The van der Waals surface area contributed by atoms with Gasteiger partial charge in [0.25, 0.3) is 5.56 Å². The maximum atomic E-state index is 12.8. The maximum Gasteiger partial charge on any atom is 0.260 e. The van der Waals surface area contributed by atoms with Crippen LogP contribution in [0.5, 0.6) is 5.75 Å². The van der Waals surface area contributed by atoms with Crippen LogP contribution < -0.4 is 16.0 Å². The predicted octanol–water partition coefficient (Wildman–Crippen LogP) is 3.54.